The molecule has 1 unspecified atom stereocenters. The van der Waals surface area contributed by atoms with Gasteiger partial charge in [-0.15, -0.1) is 11.8 Å². The maximum atomic E-state index is 11.6. The molecule has 0 aliphatic heterocycles. The molecule has 3 N–H and O–H groups in total. The van der Waals surface area contributed by atoms with Crippen LogP contribution >= 0.6 is 34.4 Å². The molecule has 1 amide bonds. The van der Waals surface area contributed by atoms with Gasteiger partial charge in [0.25, 0.3) is 0 Å². The topological polar surface area (TPSA) is 69.6 Å². The average Bonchev–Trinajstić information content (AvgIpc) is 2.32. The van der Waals surface area contributed by atoms with Crippen molar-refractivity contribution in [1.29, 1.82) is 0 Å². The van der Waals surface area contributed by atoms with Gasteiger partial charge in [-0.3, -0.25) is 4.79 Å². The van der Waals surface area contributed by atoms with Crippen LogP contribution in [0.1, 0.15) is 5.56 Å². The van der Waals surface area contributed by atoms with Crippen molar-refractivity contribution in [1.82, 2.24) is 0 Å². The van der Waals surface area contributed by atoms with Crippen molar-refractivity contribution in [2.24, 2.45) is 0 Å². The number of nitrogens with one attached hydrogen (secondary N) is 1. The minimum absolute atomic E-state index is 0.102. The van der Waals surface area contributed by atoms with E-state index in [0.717, 1.165) is 14.8 Å². The number of aryl methyl sites for hydroxylation is 1. The van der Waals surface area contributed by atoms with Gasteiger partial charge in [-0.05, 0) is 53.3 Å². The first kappa shape index (κ1) is 15.7. The molecule has 0 saturated heterocycles. The van der Waals surface area contributed by atoms with Crippen molar-refractivity contribution in [2.45, 2.75) is 13.0 Å². The first-order chi connectivity index (χ1) is 8.52. The Morgan fingerprint density at radius 2 is 2.28 bits per heavy atom. The smallest absolute Gasteiger partial charge is 0.234 e. The predicted octanol–water partition coefficient (Wildman–Crippen LogP) is 1.62. The number of anilines is 1. The van der Waals surface area contributed by atoms with E-state index in [0.29, 0.717) is 5.75 Å². The van der Waals surface area contributed by atoms with Gasteiger partial charge in [-0.2, -0.15) is 0 Å². The van der Waals surface area contributed by atoms with E-state index in [9.17, 15) is 4.79 Å². The molecular formula is C12H16INO3S. The molecule has 0 radical (unpaired) electrons. The molecule has 0 fully saturated rings. The van der Waals surface area contributed by atoms with Gasteiger partial charge in [0.15, 0.2) is 0 Å². The first-order valence-electron chi connectivity index (χ1n) is 5.45. The number of hydrogen-bond donors (Lipinski definition) is 3. The van der Waals surface area contributed by atoms with Gasteiger partial charge >= 0.3 is 0 Å². The zero-order valence-corrected chi connectivity index (χ0v) is 13.0. The van der Waals surface area contributed by atoms with Crippen LogP contribution in [-0.4, -0.2) is 40.3 Å². The van der Waals surface area contributed by atoms with Crippen molar-refractivity contribution < 1.29 is 15.0 Å². The lowest BCUT2D eigenvalue weighted by atomic mass is 10.2. The SMILES string of the molecule is Cc1cc(I)ccc1NC(=O)CSCC(O)CO. The van der Waals surface area contributed by atoms with Gasteiger partial charge in [0.1, 0.15) is 0 Å². The summed E-state index contributed by atoms with van der Waals surface area (Å²) in [6.45, 7) is 1.67. The second-order valence-corrected chi connectivity index (χ2v) is 6.13. The fourth-order valence-corrected chi connectivity index (χ4v) is 2.69. The summed E-state index contributed by atoms with van der Waals surface area (Å²) in [5.74, 6) is 0.521. The molecule has 4 nitrogen and oxygen atoms in total. The van der Waals surface area contributed by atoms with Crippen LogP contribution in [0.2, 0.25) is 0 Å². The third kappa shape index (κ3) is 5.55. The summed E-state index contributed by atoms with van der Waals surface area (Å²) >= 11 is 3.52. The Labute approximate surface area is 124 Å². The van der Waals surface area contributed by atoms with Crippen LogP contribution in [0.4, 0.5) is 5.69 Å². The van der Waals surface area contributed by atoms with Crippen LogP contribution in [0, 0.1) is 10.5 Å². The van der Waals surface area contributed by atoms with Crippen LogP contribution in [0.5, 0.6) is 0 Å². The highest BCUT2D eigenvalue weighted by Gasteiger charge is 2.07. The Hall–Kier alpha value is -0.310. The normalized spacial score (nSPS) is 12.2. The number of hydrogen-bond acceptors (Lipinski definition) is 4. The summed E-state index contributed by atoms with van der Waals surface area (Å²) in [7, 11) is 0. The minimum Gasteiger partial charge on any atom is -0.394 e. The highest BCUT2D eigenvalue weighted by Crippen LogP contribution is 2.18. The van der Waals surface area contributed by atoms with Crippen molar-refractivity contribution >= 4 is 45.9 Å². The maximum Gasteiger partial charge on any atom is 0.234 e. The summed E-state index contributed by atoms with van der Waals surface area (Å²) in [6, 6.07) is 5.81. The molecular weight excluding hydrogens is 365 g/mol. The van der Waals surface area contributed by atoms with Crippen LogP contribution in [-0.2, 0) is 4.79 Å². The monoisotopic (exact) mass is 381 g/mol. The average molecular weight is 381 g/mol. The molecule has 6 heteroatoms. The molecule has 0 aliphatic rings. The summed E-state index contributed by atoms with van der Waals surface area (Å²) in [5, 5.41) is 20.6. The number of aliphatic hydroxyl groups excluding tert-OH is 2. The van der Waals surface area contributed by atoms with E-state index in [1.54, 1.807) is 0 Å². The van der Waals surface area contributed by atoms with Crippen LogP contribution in [0.15, 0.2) is 18.2 Å². The molecule has 1 aromatic rings. The van der Waals surface area contributed by atoms with Crippen molar-refractivity contribution in [3.63, 3.8) is 0 Å². The lowest BCUT2D eigenvalue weighted by molar-refractivity contribution is -0.113. The predicted molar refractivity (Wildman–Crippen MR) is 82.9 cm³/mol. The largest absolute Gasteiger partial charge is 0.394 e. The summed E-state index contributed by atoms with van der Waals surface area (Å²) in [6.07, 6.45) is -0.761. The minimum atomic E-state index is -0.761. The van der Waals surface area contributed by atoms with E-state index in [-0.39, 0.29) is 18.3 Å². The summed E-state index contributed by atoms with van der Waals surface area (Å²) in [4.78, 5) is 11.6. The lowest BCUT2D eigenvalue weighted by Gasteiger charge is -2.09. The highest BCUT2D eigenvalue weighted by molar-refractivity contribution is 14.1. The van der Waals surface area contributed by atoms with E-state index in [4.69, 9.17) is 10.2 Å². The van der Waals surface area contributed by atoms with Crippen molar-refractivity contribution in [3.05, 3.63) is 27.3 Å². The number of carbonyl (C=O) groups is 1. The number of amides is 1. The van der Waals surface area contributed by atoms with E-state index < -0.39 is 6.10 Å². The highest BCUT2D eigenvalue weighted by atomic mass is 127. The third-order valence-corrected chi connectivity index (χ3v) is 3.97. The van der Waals surface area contributed by atoms with Gasteiger partial charge in [0.05, 0.1) is 18.5 Å². The van der Waals surface area contributed by atoms with Crippen molar-refractivity contribution in [2.75, 3.05) is 23.4 Å². The van der Waals surface area contributed by atoms with Gasteiger partial charge in [0.2, 0.25) is 5.91 Å². The molecule has 0 heterocycles. The van der Waals surface area contributed by atoms with Crippen LogP contribution in [0.25, 0.3) is 0 Å². The number of aliphatic hydroxyl groups is 2. The van der Waals surface area contributed by atoms with E-state index in [1.165, 1.54) is 11.8 Å². The number of halogens is 1. The molecule has 1 atom stereocenters. The van der Waals surface area contributed by atoms with Gasteiger partial charge in [-0.25, -0.2) is 0 Å². The number of benzene rings is 1. The third-order valence-electron chi connectivity index (χ3n) is 2.22. The summed E-state index contributed by atoms with van der Waals surface area (Å²) in [5.41, 5.74) is 1.83. The molecule has 0 spiro atoms. The molecule has 100 valence electrons. The van der Waals surface area contributed by atoms with E-state index in [1.807, 2.05) is 25.1 Å². The zero-order valence-electron chi connectivity index (χ0n) is 10.0. The lowest BCUT2D eigenvalue weighted by Crippen LogP contribution is -2.19. The van der Waals surface area contributed by atoms with E-state index in [2.05, 4.69) is 27.9 Å². The number of rotatable bonds is 6. The first-order valence-corrected chi connectivity index (χ1v) is 7.69. The van der Waals surface area contributed by atoms with Crippen LogP contribution < -0.4 is 5.32 Å². The molecule has 1 aromatic carbocycles. The Bertz CT molecular complexity index is 414. The number of carbonyl (C=O) groups excluding carboxylic acids is 1. The molecule has 0 saturated carbocycles. The molecule has 1 rings (SSSR count). The Morgan fingerprint density at radius 3 is 2.89 bits per heavy atom. The zero-order chi connectivity index (χ0) is 13.5. The molecule has 0 aliphatic carbocycles. The second-order valence-electron chi connectivity index (χ2n) is 3.86. The van der Waals surface area contributed by atoms with Gasteiger partial charge < -0.3 is 15.5 Å². The fraction of sp³-hybridized carbons (Fsp3) is 0.417. The Morgan fingerprint density at radius 1 is 1.56 bits per heavy atom. The standard InChI is InChI=1S/C12H16INO3S/c1-8-4-9(13)2-3-11(8)14-12(17)7-18-6-10(16)5-15/h2-4,10,15-16H,5-7H2,1H3,(H,14,17). The molecule has 0 aromatic heterocycles. The Kier molecular flexibility index (Phi) is 6.98. The maximum absolute atomic E-state index is 11.6. The fourth-order valence-electron chi connectivity index (χ4n) is 1.29. The van der Waals surface area contributed by atoms with Gasteiger partial charge in [-0.1, -0.05) is 0 Å². The quantitative estimate of drug-likeness (QED) is 0.656. The second kappa shape index (κ2) is 7.98. The van der Waals surface area contributed by atoms with E-state index >= 15 is 0 Å². The summed E-state index contributed by atoms with van der Waals surface area (Å²) < 4.78 is 1.13. The molecule has 0 bridgehead atoms. The Balaban J connectivity index is 2.40. The number of thioether (sulfide) groups is 1. The van der Waals surface area contributed by atoms with Crippen molar-refractivity contribution in [3.8, 4) is 0 Å². The van der Waals surface area contributed by atoms with Gasteiger partial charge in [0, 0.05) is 15.0 Å². The molecule has 18 heavy (non-hydrogen) atoms. The van der Waals surface area contributed by atoms with Crippen LogP contribution in [0.3, 0.4) is 0 Å².